The van der Waals surface area contributed by atoms with Gasteiger partial charge in [-0.15, -0.1) is 0 Å². The molecule has 11 heavy (non-hydrogen) atoms. The molecule has 0 fully saturated rings. The van der Waals surface area contributed by atoms with E-state index in [1.807, 2.05) is 6.92 Å². The van der Waals surface area contributed by atoms with E-state index in [1.54, 1.807) is 0 Å². The summed E-state index contributed by atoms with van der Waals surface area (Å²) >= 11 is 0. The van der Waals surface area contributed by atoms with E-state index in [2.05, 4.69) is 10.1 Å². The lowest BCUT2D eigenvalue weighted by Crippen LogP contribution is -2.29. The summed E-state index contributed by atoms with van der Waals surface area (Å²) < 4.78 is 4.58. The van der Waals surface area contributed by atoms with Crippen molar-refractivity contribution >= 4 is 11.9 Å². The minimum absolute atomic E-state index is 0.322. The average molecular weight is 159 g/mol. The molecule has 0 bridgehead atoms. The van der Waals surface area contributed by atoms with Gasteiger partial charge in [0.1, 0.15) is 0 Å². The number of ether oxygens (including phenoxy) is 1. The molecular weight excluding hydrogens is 146 g/mol. The normalized spacial score (nSPS) is 8.91. The second kappa shape index (κ2) is 5.70. The van der Waals surface area contributed by atoms with Crippen molar-refractivity contribution < 1.29 is 14.3 Å². The van der Waals surface area contributed by atoms with Gasteiger partial charge in [0.25, 0.3) is 0 Å². The lowest BCUT2D eigenvalue weighted by atomic mass is 10.4. The highest BCUT2D eigenvalue weighted by Crippen LogP contribution is 1.88. The average Bonchev–Trinajstić information content (AvgIpc) is 2.03. The highest BCUT2D eigenvalue weighted by molar-refractivity contribution is 6.32. The first kappa shape index (κ1) is 9.94. The minimum atomic E-state index is -0.805. The molecule has 1 amide bonds. The van der Waals surface area contributed by atoms with Gasteiger partial charge in [-0.3, -0.25) is 4.79 Å². The van der Waals surface area contributed by atoms with Crippen LogP contribution in [0, 0.1) is 0 Å². The molecule has 1 N–H and O–H groups in total. The Kier molecular flexibility index (Phi) is 5.15. The molecule has 4 nitrogen and oxygen atoms in total. The number of unbranched alkanes of at least 4 members (excludes halogenated alkanes) is 1. The van der Waals surface area contributed by atoms with Crippen LogP contribution in [0.5, 0.6) is 0 Å². The molecule has 0 spiro atoms. The quantitative estimate of drug-likeness (QED) is 0.360. The van der Waals surface area contributed by atoms with Gasteiger partial charge in [0, 0.05) is 7.05 Å². The van der Waals surface area contributed by atoms with Crippen LogP contribution in [0.25, 0.3) is 0 Å². The Morgan fingerprint density at radius 2 is 2.09 bits per heavy atom. The first-order valence-electron chi connectivity index (χ1n) is 3.61. The molecule has 0 heterocycles. The molecule has 0 unspecified atom stereocenters. The van der Waals surface area contributed by atoms with Crippen molar-refractivity contribution in [3.05, 3.63) is 0 Å². The number of esters is 1. The van der Waals surface area contributed by atoms with Gasteiger partial charge in [0.15, 0.2) is 0 Å². The summed E-state index contributed by atoms with van der Waals surface area (Å²) in [4.78, 5) is 21.1. The molecule has 0 aliphatic heterocycles. The fourth-order valence-corrected chi connectivity index (χ4v) is 0.477. The Bertz CT molecular complexity index is 145. The maximum atomic E-state index is 10.6. The minimum Gasteiger partial charge on any atom is -0.459 e. The zero-order valence-corrected chi connectivity index (χ0v) is 6.85. The number of nitrogens with one attached hydrogen (secondary N) is 1. The first-order chi connectivity index (χ1) is 5.22. The summed E-state index contributed by atoms with van der Waals surface area (Å²) in [5, 5.41) is 2.18. The highest BCUT2D eigenvalue weighted by Gasteiger charge is 2.11. The van der Waals surface area contributed by atoms with Crippen molar-refractivity contribution in [3.63, 3.8) is 0 Å². The molecule has 0 saturated heterocycles. The van der Waals surface area contributed by atoms with E-state index in [1.165, 1.54) is 7.05 Å². The number of carbonyl (C=O) groups excluding carboxylic acids is 2. The largest absolute Gasteiger partial charge is 0.459 e. The van der Waals surface area contributed by atoms with E-state index in [-0.39, 0.29) is 0 Å². The van der Waals surface area contributed by atoms with E-state index in [0.717, 1.165) is 12.8 Å². The molecule has 0 aliphatic carbocycles. The predicted molar refractivity (Wildman–Crippen MR) is 39.9 cm³/mol. The van der Waals surface area contributed by atoms with Gasteiger partial charge in [-0.1, -0.05) is 13.3 Å². The molecule has 64 valence electrons. The third-order valence-corrected chi connectivity index (χ3v) is 1.14. The van der Waals surface area contributed by atoms with Gasteiger partial charge >= 0.3 is 11.9 Å². The van der Waals surface area contributed by atoms with Crippen molar-refractivity contribution in [2.75, 3.05) is 13.7 Å². The standard InChI is InChI=1S/C7H13NO3/c1-3-4-5-11-7(10)6(9)8-2/h3-5H2,1-2H3,(H,8,9). The Balaban J connectivity index is 3.44. The highest BCUT2D eigenvalue weighted by atomic mass is 16.5. The number of rotatable bonds is 3. The summed E-state index contributed by atoms with van der Waals surface area (Å²) in [5.41, 5.74) is 0. The molecular formula is C7H13NO3. The molecule has 0 radical (unpaired) electrons. The van der Waals surface area contributed by atoms with Gasteiger partial charge in [0.05, 0.1) is 6.61 Å². The maximum absolute atomic E-state index is 10.6. The van der Waals surface area contributed by atoms with Crippen LogP contribution >= 0.6 is 0 Å². The SMILES string of the molecule is CCCCOC(=O)C(=O)NC. The third kappa shape index (κ3) is 4.36. The number of hydrogen-bond donors (Lipinski definition) is 1. The van der Waals surface area contributed by atoms with Crippen molar-refractivity contribution in [3.8, 4) is 0 Å². The van der Waals surface area contributed by atoms with E-state index >= 15 is 0 Å². The molecule has 0 aromatic heterocycles. The van der Waals surface area contributed by atoms with Crippen LogP contribution in [0.4, 0.5) is 0 Å². The van der Waals surface area contributed by atoms with E-state index in [9.17, 15) is 9.59 Å². The number of carbonyl (C=O) groups is 2. The summed E-state index contributed by atoms with van der Waals surface area (Å²) in [6.45, 7) is 2.30. The monoisotopic (exact) mass is 159 g/mol. The third-order valence-electron chi connectivity index (χ3n) is 1.14. The van der Waals surface area contributed by atoms with Crippen molar-refractivity contribution in [2.45, 2.75) is 19.8 Å². The molecule has 0 rings (SSSR count). The lowest BCUT2D eigenvalue weighted by molar-refractivity contribution is -0.154. The topological polar surface area (TPSA) is 55.4 Å². The van der Waals surface area contributed by atoms with Crippen LogP contribution in [0.3, 0.4) is 0 Å². The fourth-order valence-electron chi connectivity index (χ4n) is 0.477. The summed E-state index contributed by atoms with van der Waals surface area (Å²) in [6, 6.07) is 0. The Labute approximate surface area is 65.9 Å². The second-order valence-corrected chi connectivity index (χ2v) is 2.07. The van der Waals surface area contributed by atoms with Gasteiger partial charge < -0.3 is 10.1 Å². The van der Waals surface area contributed by atoms with Crippen molar-refractivity contribution in [1.82, 2.24) is 5.32 Å². The van der Waals surface area contributed by atoms with Crippen LogP contribution in [0.15, 0.2) is 0 Å². The van der Waals surface area contributed by atoms with E-state index in [4.69, 9.17) is 0 Å². The molecule has 0 aliphatic rings. The number of amides is 1. The van der Waals surface area contributed by atoms with Crippen LogP contribution in [0.1, 0.15) is 19.8 Å². The number of likely N-dealkylation sites (N-methyl/N-ethyl adjacent to an activating group) is 1. The summed E-state index contributed by atoms with van der Waals surface area (Å²) in [5.74, 6) is -1.50. The zero-order chi connectivity index (χ0) is 8.69. The Morgan fingerprint density at radius 1 is 1.45 bits per heavy atom. The van der Waals surface area contributed by atoms with E-state index in [0.29, 0.717) is 6.61 Å². The lowest BCUT2D eigenvalue weighted by Gasteiger charge is -2.00. The van der Waals surface area contributed by atoms with Gasteiger partial charge in [-0.05, 0) is 6.42 Å². The maximum Gasteiger partial charge on any atom is 0.396 e. The van der Waals surface area contributed by atoms with Crippen LogP contribution in [-0.2, 0) is 14.3 Å². The number of hydrogen-bond acceptors (Lipinski definition) is 3. The van der Waals surface area contributed by atoms with Gasteiger partial charge in [-0.25, -0.2) is 4.79 Å². The molecule has 0 atom stereocenters. The zero-order valence-electron chi connectivity index (χ0n) is 6.85. The Morgan fingerprint density at radius 3 is 2.55 bits per heavy atom. The van der Waals surface area contributed by atoms with Crippen LogP contribution in [-0.4, -0.2) is 25.5 Å². The summed E-state index contributed by atoms with van der Waals surface area (Å²) in [6.07, 6.45) is 1.74. The van der Waals surface area contributed by atoms with Crippen molar-refractivity contribution in [2.24, 2.45) is 0 Å². The van der Waals surface area contributed by atoms with Gasteiger partial charge in [-0.2, -0.15) is 0 Å². The van der Waals surface area contributed by atoms with Gasteiger partial charge in [0.2, 0.25) is 0 Å². The molecule has 0 saturated carbocycles. The smallest absolute Gasteiger partial charge is 0.396 e. The van der Waals surface area contributed by atoms with E-state index < -0.39 is 11.9 Å². The molecule has 4 heteroatoms. The van der Waals surface area contributed by atoms with Crippen LogP contribution < -0.4 is 5.32 Å². The molecule has 0 aromatic carbocycles. The molecule has 0 aromatic rings. The van der Waals surface area contributed by atoms with Crippen LogP contribution in [0.2, 0.25) is 0 Å². The van der Waals surface area contributed by atoms with Crippen molar-refractivity contribution in [1.29, 1.82) is 0 Å². The predicted octanol–water partition coefficient (Wildman–Crippen LogP) is 0.0757. The summed E-state index contributed by atoms with van der Waals surface area (Å²) in [7, 11) is 1.39. The second-order valence-electron chi connectivity index (χ2n) is 2.07. The fraction of sp³-hybridized carbons (Fsp3) is 0.714. The first-order valence-corrected chi connectivity index (χ1v) is 3.61. The Hall–Kier alpha value is -1.06.